The van der Waals surface area contributed by atoms with Gasteiger partial charge in [0.15, 0.2) is 5.69 Å². The maximum atomic E-state index is 12.6. The Morgan fingerprint density at radius 3 is 2.53 bits per heavy atom. The molecule has 0 saturated carbocycles. The van der Waals surface area contributed by atoms with Gasteiger partial charge in [0, 0.05) is 11.0 Å². The Balaban J connectivity index is 3.35. The number of rotatable bonds is 3. The number of hydrogen-bond acceptors (Lipinski definition) is 2. The summed E-state index contributed by atoms with van der Waals surface area (Å²) in [5, 5.41) is 6.10. The third-order valence-electron chi connectivity index (χ3n) is 1.99. The van der Waals surface area contributed by atoms with Crippen LogP contribution in [0.1, 0.15) is 31.3 Å². The van der Waals surface area contributed by atoms with Gasteiger partial charge in [-0.2, -0.15) is 18.3 Å². The minimum absolute atomic E-state index is 0.0618. The lowest BCUT2D eigenvalue weighted by molar-refractivity contribution is -0.141. The van der Waals surface area contributed by atoms with Gasteiger partial charge in [-0.05, 0) is 19.4 Å². The number of aromatic nitrogens is 2. The molecule has 1 heterocycles. The van der Waals surface area contributed by atoms with E-state index in [1.165, 1.54) is 0 Å². The van der Waals surface area contributed by atoms with Gasteiger partial charge in [0.2, 0.25) is 0 Å². The standard InChI is InChI=1S/C8H9ClF3N5/c1-4(2)17-5(3-14-16-13)6(9)7(15-17)8(10,11)12/h4H,3H2,1-2H3. The molecule has 0 aliphatic rings. The second-order valence-corrected chi connectivity index (χ2v) is 3.91. The highest BCUT2D eigenvalue weighted by atomic mass is 35.5. The highest BCUT2D eigenvalue weighted by molar-refractivity contribution is 6.32. The van der Waals surface area contributed by atoms with Crippen molar-refractivity contribution in [3.63, 3.8) is 0 Å². The number of halogens is 4. The first-order chi connectivity index (χ1) is 7.79. The van der Waals surface area contributed by atoms with Crippen molar-refractivity contribution in [2.24, 2.45) is 5.11 Å². The smallest absolute Gasteiger partial charge is 0.265 e. The first-order valence-corrected chi connectivity index (χ1v) is 5.01. The Hall–Kier alpha value is -1.40. The molecule has 9 heteroatoms. The highest BCUT2D eigenvalue weighted by Crippen LogP contribution is 2.36. The molecule has 0 spiro atoms. The van der Waals surface area contributed by atoms with Crippen molar-refractivity contribution in [1.82, 2.24) is 9.78 Å². The average molecular weight is 268 g/mol. The quantitative estimate of drug-likeness (QED) is 0.464. The van der Waals surface area contributed by atoms with E-state index in [4.69, 9.17) is 17.1 Å². The van der Waals surface area contributed by atoms with Gasteiger partial charge in [0.1, 0.15) is 0 Å². The van der Waals surface area contributed by atoms with Crippen LogP contribution >= 0.6 is 11.6 Å². The predicted molar refractivity (Wildman–Crippen MR) is 55.5 cm³/mol. The number of hydrogen-bond donors (Lipinski definition) is 0. The van der Waals surface area contributed by atoms with E-state index in [2.05, 4.69) is 15.1 Å². The number of azide groups is 1. The molecule has 0 bridgehead atoms. The van der Waals surface area contributed by atoms with Crippen LogP contribution in [0.5, 0.6) is 0 Å². The largest absolute Gasteiger partial charge is 0.436 e. The molecule has 1 aromatic rings. The summed E-state index contributed by atoms with van der Waals surface area (Å²) in [5.41, 5.74) is 7.08. The molecule has 0 aromatic carbocycles. The van der Waals surface area contributed by atoms with Crippen molar-refractivity contribution >= 4 is 11.6 Å². The molecule has 0 saturated heterocycles. The van der Waals surface area contributed by atoms with Crippen LogP contribution < -0.4 is 0 Å². The number of alkyl halides is 3. The zero-order valence-electron chi connectivity index (χ0n) is 9.03. The molecule has 94 valence electrons. The van der Waals surface area contributed by atoms with Gasteiger partial charge in [-0.1, -0.05) is 16.7 Å². The second-order valence-electron chi connectivity index (χ2n) is 3.53. The molecule has 1 rings (SSSR count). The van der Waals surface area contributed by atoms with E-state index in [0.29, 0.717) is 0 Å². The summed E-state index contributed by atoms with van der Waals surface area (Å²) < 4.78 is 38.8. The van der Waals surface area contributed by atoms with Gasteiger partial charge in [0.25, 0.3) is 0 Å². The molecular formula is C8H9ClF3N5. The first kappa shape index (κ1) is 13.7. The molecule has 0 aliphatic carbocycles. The van der Waals surface area contributed by atoms with Crippen molar-refractivity contribution in [3.05, 3.63) is 26.9 Å². The Morgan fingerprint density at radius 1 is 1.53 bits per heavy atom. The molecule has 0 unspecified atom stereocenters. The predicted octanol–water partition coefficient (Wildman–Crippen LogP) is 3.95. The van der Waals surface area contributed by atoms with Gasteiger partial charge in [-0.3, -0.25) is 4.68 Å². The summed E-state index contributed by atoms with van der Waals surface area (Å²) in [7, 11) is 0. The van der Waals surface area contributed by atoms with E-state index >= 15 is 0 Å². The molecule has 0 fully saturated rings. The van der Waals surface area contributed by atoms with Crippen LogP contribution in [0, 0.1) is 0 Å². The lowest BCUT2D eigenvalue weighted by Gasteiger charge is -2.08. The van der Waals surface area contributed by atoms with Crippen LogP contribution in [0.3, 0.4) is 0 Å². The van der Waals surface area contributed by atoms with Crippen molar-refractivity contribution in [1.29, 1.82) is 0 Å². The summed E-state index contributed by atoms with van der Waals surface area (Å²) in [4.78, 5) is 2.49. The Morgan fingerprint density at radius 2 is 2.12 bits per heavy atom. The molecule has 0 N–H and O–H groups in total. The van der Waals surface area contributed by atoms with Gasteiger partial charge in [-0.15, -0.1) is 0 Å². The summed E-state index contributed by atoms with van der Waals surface area (Å²) in [5.74, 6) is 0. The van der Waals surface area contributed by atoms with Gasteiger partial charge < -0.3 is 0 Å². The monoisotopic (exact) mass is 267 g/mol. The fraction of sp³-hybridized carbons (Fsp3) is 0.625. The minimum Gasteiger partial charge on any atom is -0.265 e. The Kier molecular flexibility index (Phi) is 3.90. The maximum Gasteiger partial charge on any atom is 0.436 e. The van der Waals surface area contributed by atoms with Crippen LogP contribution in [-0.4, -0.2) is 9.78 Å². The summed E-state index contributed by atoms with van der Waals surface area (Å²) in [6.07, 6.45) is -4.62. The van der Waals surface area contributed by atoms with E-state index in [-0.39, 0.29) is 18.3 Å². The fourth-order valence-corrected chi connectivity index (χ4v) is 1.59. The van der Waals surface area contributed by atoms with Crippen LogP contribution in [0.25, 0.3) is 10.4 Å². The molecule has 0 radical (unpaired) electrons. The summed E-state index contributed by atoms with van der Waals surface area (Å²) in [6, 6.07) is -0.313. The second kappa shape index (κ2) is 4.85. The highest BCUT2D eigenvalue weighted by Gasteiger charge is 2.38. The van der Waals surface area contributed by atoms with Gasteiger partial charge in [0.05, 0.1) is 17.3 Å². The fourth-order valence-electron chi connectivity index (χ4n) is 1.30. The normalized spacial score (nSPS) is 11.7. The van der Waals surface area contributed by atoms with E-state index < -0.39 is 16.9 Å². The molecule has 5 nitrogen and oxygen atoms in total. The zero-order chi connectivity index (χ0) is 13.2. The van der Waals surface area contributed by atoms with Gasteiger partial charge in [-0.25, -0.2) is 0 Å². The van der Waals surface area contributed by atoms with Crippen molar-refractivity contribution < 1.29 is 13.2 Å². The maximum absolute atomic E-state index is 12.6. The van der Waals surface area contributed by atoms with Crippen LogP contribution in [0.2, 0.25) is 5.02 Å². The lowest BCUT2D eigenvalue weighted by Crippen LogP contribution is -2.10. The van der Waals surface area contributed by atoms with Gasteiger partial charge >= 0.3 is 6.18 Å². The van der Waals surface area contributed by atoms with E-state index in [1.54, 1.807) is 13.8 Å². The average Bonchev–Trinajstić information content (AvgIpc) is 2.52. The van der Waals surface area contributed by atoms with E-state index in [1.807, 2.05) is 0 Å². The van der Waals surface area contributed by atoms with E-state index in [0.717, 1.165) is 4.68 Å². The third-order valence-corrected chi connectivity index (χ3v) is 2.38. The summed E-state index contributed by atoms with van der Waals surface area (Å²) >= 11 is 5.61. The lowest BCUT2D eigenvalue weighted by atomic mass is 10.3. The first-order valence-electron chi connectivity index (χ1n) is 4.64. The third kappa shape index (κ3) is 2.83. The Labute approximate surface area is 99.8 Å². The van der Waals surface area contributed by atoms with E-state index in [9.17, 15) is 13.2 Å². The van der Waals surface area contributed by atoms with Crippen LogP contribution in [-0.2, 0) is 12.7 Å². The minimum atomic E-state index is -4.62. The van der Waals surface area contributed by atoms with Crippen LogP contribution in [0.4, 0.5) is 13.2 Å². The molecule has 1 aromatic heterocycles. The van der Waals surface area contributed by atoms with Crippen molar-refractivity contribution in [2.45, 2.75) is 32.6 Å². The molecule has 0 aliphatic heterocycles. The number of nitrogens with zero attached hydrogens (tertiary/aromatic N) is 5. The SMILES string of the molecule is CC(C)n1nc(C(F)(F)F)c(Cl)c1CN=[N+]=[N-]. The molecular weight excluding hydrogens is 259 g/mol. The topological polar surface area (TPSA) is 66.6 Å². The molecule has 17 heavy (non-hydrogen) atoms. The van der Waals surface area contributed by atoms with Crippen LogP contribution in [0.15, 0.2) is 5.11 Å². The van der Waals surface area contributed by atoms with Crippen molar-refractivity contribution in [3.8, 4) is 0 Å². The van der Waals surface area contributed by atoms with Crippen molar-refractivity contribution in [2.75, 3.05) is 0 Å². The Bertz CT molecular complexity index is 458. The summed E-state index contributed by atoms with van der Waals surface area (Å²) in [6.45, 7) is 3.04. The zero-order valence-corrected chi connectivity index (χ0v) is 9.79. The molecule has 0 atom stereocenters. The molecule has 0 amide bonds.